The first-order valence-electron chi connectivity index (χ1n) is 8.67. The molecule has 0 saturated carbocycles. The molecule has 1 aliphatic heterocycles. The lowest BCUT2D eigenvalue weighted by Gasteiger charge is -2.30. The van der Waals surface area contributed by atoms with Gasteiger partial charge >= 0.3 is 0 Å². The van der Waals surface area contributed by atoms with Crippen LogP contribution in [0.4, 0.5) is 5.88 Å². The van der Waals surface area contributed by atoms with E-state index in [1.54, 1.807) is 0 Å². The second-order valence-electron chi connectivity index (χ2n) is 6.89. The maximum absolute atomic E-state index is 5.79. The average Bonchev–Trinajstić information content (AvgIpc) is 2.98. The van der Waals surface area contributed by atoms with Gasteiger partial charge in [0.15, 0.2) is 0 Å². The van der Waals surface area contributed by atoms with Crippen LogP contribution in [0.3, 0.4) is 0 Å². The third-order valence-corrected chi connectivity index (χ3v) is 4.57. The number of hydrogen-bond acceptors (Lipinski definition) is 4. The van der Waals surface area contributed by atoms with E-state index in [2.05, 4.69) is 48.3 Å². The van der Waals surface area contributed by atoms with Gasteiger partial charge in [0.05, 0.1) is 5.56 Å². The Morgan fingerprint density at radius 2 is 1.91 bits per heavy atom. The quantitative estimate of drug-likeness (QED) is 0.903. The molecule has 1 saturated heterocycles. The lowest BCUT2D eigenvalue weighted by molar-refractivity contribution is 0.379. The summed E-state index contributed by atoms with van der Waals surface area (Å²) < 4.78 is 5.79. The van der Waals surface area contributed by atoms with Crippen molar-refractivity contribution in [3.05, 3.63) is 35.9 Å². The fourth-order valence-corrected chi connectivity index (χ4v) is 3.05. The Balaban J connectivity index is 1.91. The monoisotopic (exact) mass is 313 g/mol. The van der Waals surface area contributed by atoms with Crippen LogP contribution in [-0.4, -0.2) is 24.3 Å². The van der Waals surface area contributed by atoms with E-state index in [1.165, 1.54) is 18.4 Å². The highest BCUT2D eigenvalue weighted by atomic mass is 16.5. The molecule has 2 aromatic rings. The molecule has 0 unspecified atom stereocenters. The van der Waals surface area contributed by atoms with Crippen molar-refractivity contribution >= 4 is 5.88 Å². The fraction of sp³-hybridized carbons (Fsp3) is 0.526. The summed E-state index contributed by atoms with van der Waals surface area (Å²) in [5.41, 5.74) is 3.26. The second kappa shape index (κ2) is 7.18. The van der Waals surface area contributed by atoms with E-state index in [9.17, 15) is 0 Å². The van der Waals surface area contributed by atoms with Gasteiger partial charge in [0.1, 0.15) is 5.69 Å². The molecule has 0 radical (unpaired) electrons. The molecule has 2 heterocycles. The minimum Gasteiger partial charge on any atom is -0.340 e. The molecule has 4 heteroatoms. The first kappa shape index (κ1) is 16.1. The molecule has 1 aliphatic rings. The number of nitrogens with one attached hydrogen (secondary N) is 1. The predicted octanol–water partition coefficient (Wildman–Crippen LogP) is 4.08. The zero-order chi connectivity index (χ0) is 16.2. The summed E-state index contributed by atoms with van der Waals surface area (Å²) in [4.78, 5) is 2.36. The minimum atomic E-state index is 0.433. The second-order valence-corrected chi connectivity index (χ2v) is 6.89. The van der Waals surface area contributed by atoms with Gasteiger partial charge in [0.2, 0.25) is 5.88 Å². The summed E-state index contributed by atoms with van der Waals surface area (Å²) >= 11 is 0. The highest BCUT2D eigenvalue weighted by Gasteiger charge is 2.25. The van der Waals surface area contributed by atoms with Gasteiger partial charge in [-0.15, -0.1) is 0 Å². The zero-order valence-electron chi connectivity index (χ0n) is 14.4. The predicted molar refractivity (Wildman–Crippen MR) is 94.5 cm³/mol. The van der Waals surface area contributed by atoms with Crippen LogP contribution in [0.25, 0.3) is 11.3 Å². The number of benzene rings is 1. The molecule has 1 aromatic heterocycles. The molecule has 3 rings (SSSR count). The van der Waals surface area contributed by atoms with E-state index in [-0.39, 0.29) is 0 Å². The van der Waals surface area contributed by atoms with Crippen molar-refractivity contribution in [3.8, 4) is 11.3 Å². The van der Waals surface area contributed by atoms with Crippen LogP contribution in [0.2, 0.25) is 0 Å². The number of nitrogens with zero attached hydrogens (tertiary/aromatic N) is 2. The average molecular weight is 313 g/mol. The van der Waals surface area contributed by atoms with Crippen LogP contribution in [0.5, 0.6) is 0 Å². The van der Waals surface area contributed by atoms with Crippen LogP contribution in [0, 0.1) is 5.92 Å². The minimum absolute atomic E-state index is 0.433. The smallest absolute Gasteiger partial charge is 0.232 e. The van der Waals surface area contributed by atoms with Crippen LogP contribution < -0.4 is 10.2 Å². The van der Waals surface area contributed by atoms with Crippen molar-refractivity contribution in [2.24, 2.45) is 5.92 Å². The Morgan fingerprint density at radius 1 is 1.22 bits per heavy atom. The molecule has 0 bridgehead atoms. The Bertz CT molecular complexity index is 613. The van der Waals surface area contributed by atoms with E-state index in [0.29, 0.717) is 6.04 Å². The lowest BCUT2D eigenvalue weighted by atomic mass is 9.98. The van der Waals surface area contributed by atoms with Gasteiger partial charge in [-0.05, 0) is 18.8 Å². The largest absolute Gasteiger partial charge is 0.340 e. The summed E-state index contributed by atoms with van der Waals surface area (Å²) in [7, 11) is 0. The highest BCUT2D eigenvalue weighted by molar-refractivity contribution is 5.68. The van der Waals surface area contributed by atoms with Crippen LogP contribution in [0.15, 0.2) is 34.9 Å². The molecule has 0 atom stereocenters. The zero-order valence-corrected chi connectivity index (χ0v) is 14.4. The highest BCUT2D eigenvalue weighted by Crippen LogP contribution is 2.33. The molecule has 0 aliphatic carbocycles. The maximum atomic E-state index is 5.79. The lowest BCUT2D eigenvalue weighted by Crippen LogP contribution is -2.33. The number of rotatable bonds is 5. The molecule has 0 spiro atoms. The molecule has 1 fully saturated rings. The SMILES string of the molecule is CC1CCN(c2onc(-c3ccccc3)c2CNC(C)C)CC1. The third kappa shape index (κ3) is 3.75. The normalized spacial score (nSPS) is 16.3. The molecule has 23 heavy (non-hydrogen) atoms. The number of aromatic nitrogens is 1. The standard InChI is InChI=1S/C19H27N3O/c1-14(2)20-13-17-18(16-7-5-4-6-8-16)21-23-19(17)22-11-9-15(3)10-12-22/h4-8,14-15,20H,9-13H2,1-3H3. The van der Waals surface area contributed by atoms with Crippen molar-refractivity contribution < 1.29 is 4.52 Å². The van der Waals surface area contributed by atoms with Crippen LogP contribution in [-0.2, 0) is 6.54 Å². The van der Waals surface area contributed by atoms with Crippen molar-refractivity contribution in [1.82, 2.24) is 10.5 Å². The Hall–Kier alpha value is -1.81. The van der Waals surface area contributed by atoms with E-state index in [4.69, 9.17) is 4.52 Å². The van der Waals surface area contributed by atoms with Crippen molar-refractivity contribution in [3.63, 3.8) is 0 Å². The van der Waals surface area contributed by atoms with E-state index in [1.807, 2.05) is 18.2 Å². The van der Waals surface area contributed by atoms with Crippen molar-refractivity contribution in [1.29, 1.82) is 0 Å². The molecule has 1 N–H and O–H groups in total. The van der Waals surface area contributed by atoms with Gasteiger partial charge in [-0.2, -0.15) is 0 Å². The van der Waals surface area contributed by atoms with Crippen LogP contribution >= 0.6 is 0 Å². The van der Waals surface area contributed by atoms with Crippen molar-refractivity contribution in [2.45, 2.75) is 46.2 Å². The summed E-state index contributed by atoms with van der Waals surface area (Å²) in [5.74, 6) is 1.75. The molecule has 4 nitrogen and oxygen atoms in total. The summed E-state index contributed by atoms with van der Waals surface area (Å²) in [5, 5.41) is 7.92. The number of piperidine rings is 1. The Morgan fingerprint density at radius 3 is 2.57 bits per heavy atom. The third-order valence-electron chi connectivity index (χ3n) is 4.57. The summed E-state index contributed by atoms with van der Waals surface area (Å²) in [6.07, 6.45) is 2.44. The summed E-state index contributed by atoms with van der Waals surface area (Å²) in [6.45, 7) is 9.55. The molecule has 124 valence electrons. The van der Waals surface area contributed by atoms with E-state index < -0.39 is 0 Å². The van der Waals surface area contributed by atoms with E-state index >= 15 is 0 Å². The number of hydrogen-bond donors (Lipinski definition) is 1. The first-order valence-corrected chi connectivity index (χ1v) is 8.67. The summed E-state index contributed by atoms with van der Waals surface area (Å²) in [6, 6.07) is 10.8. The molecule has 1 aromatic carbocycles. The topological polar surface area (TPSA) is 41.3 Å². The van der Waals surface area contributed by atoms with Crippen LogP contribution in [0.1, 0.15) is 39.2 Å². The van der Waals surface area contributed by atoms with Gasteiger partial charge in [-0.3, -0.25) is 0 Å². The van der Waals surface area contributed by atoms with Gasteiger partial charge in [0.25, 0.3) is 0 Å². The Kier molecular flexibility index (Phi) is 5.01. The van der Waals surface area contributed by atoms with Gasteiger partial charge in [-0.1, -0.05) is 56.3 Å². The molecule has 0 amide bonds. The molecular formula is C19H27N3O. The van der Waals surface area contributed by atoms with Gasteiger partial charge < -0.3 is 14.7 Å². The maximum Gasteiger partial charge on any atom is 0.232 e. The van der Waals surface area contributed by atoms with Gasteiger partial charge in [-0.25, -0.2) is 0 Å². The van der Waals surface area contributed by atoms with Gasteiger partial charge in [0, 0.05) is 31.2 Å². The fourth-order valence-electron chi connectivity index (χ4n) is 3.05. The number of anilines is 1. The Labute approximate surface area is 138 Å². The van der Waals surface area contributed by atoms with Crippen molar-refractivity contribution in [2.75, 3.05) is 18.0 Å². The first-order chi connectivity index (χ1) is 11.1. The molecular weight excluding hydrogens is 286 g/mol. The van der Waals surface area contributed by atoms with E-state index in [0.717, 1.165) is 42.7 Å².